The largest absolute Gasteiger partial charge is 0.504 e. The molecule has 102 valence electrons. The van der Waals surface area contributed by atoms with Crippen LogP contribution in [0.15, 0.2) is 12.1 Å². The van der Waals surface area contributed by atoms with Gasteiger partial charge >= 0.3 is 0 Å². The van der Waals surface area contributed by atoms with E-state index >= 15 is 0 Å². The number of hydrogen-bond donors (Lipinski definition) is 3. The fraction of sp³-hybridized carbons (Fsp3) is 0.0833. The summed E-state index contributed by atoms with van der Waals surface area (Å²) in [6.45, 7) is 0. The molecule has 0 atom stereocenters. The number of rotatable bonds is 2. The molecule has 7 nitrogen and oxygen atoms in total. The molecule has 1 aromatic carbocycles. The van der Waals surface area contributed by atoms with Crippen molar-refractivity contribution in [1.29, 1.82) is 5.26 Å². The van der Waals surface area contributed by atoms with E-state index in [9.17, 15) is 5.11 Å². The molecule has 0 unspecified atom stereocenters. The summed E-state index contributed by atoms with van der Waals surface area (Å²) in [6, 6.07) is 4.76. The van der Waals surface area contributed by atoms with E-state index in [-0.39, 0.29) is 39.5 Å². The lowest BCUT2D eigenvalue weighted by molar-refractivity contribution is 0.374. The number of halogens is 1. The lowest BCUT2D eigenvalue weighted by Crippen LogP contribution is -2.05. The standard InChI is InChI=1S/C12H10ClN5O2/c1-20-10-7(19)3-2-5(8(10)13)9-6(4-14)11(15)18-12(16)17-9/h2-3,19H,1H3,(H4,15,16,17,18). The van der Waals surface area contributed by atoms with Crippen LogP contribution in [0, 0.1) is 11.3 Å². The third-order valence-corrected chi connectivity index (χ3v) is 2.98. The summed E-state index contributed by atoms with van der Waals surface area (Å²) in [6.07, 6.45) is 0. The van der Waals surface area contributed by atoms with Gasteiger partial charge in [-0.15, -0.1) is 0 Å². The zero-order valence-electron chi connectivity index (χ0n) is 10.4. The molecule has 0 radical (unpaired) electrons. The molecule has 20 heavy (non-hydrogen) atoms. The maximum atomic E-state index is 9.64. The van der Waals surface area contributed by atoms with Crippen molar-refractivity contribution in [2.24, 2.45) is 0 Å². The summed E-state index contributed by atoms with van der Waals surface area (Å²) in [5, 5.41) is 18.9. The van der Waals surface area contributed by atoms with Crippen LogP contribution < -0.4 is 16.2 Å². The molecule has 0 saturated carbocycles. The van der Waals surface area contributed by atoms with Crippen LogP contribution in [0.4, 0.5) is 11.8 Å². The smallest absolute Gasteiger partial charge is 0.222 e. The molecule has 1 heterocycles. The molecule has 1 aromatic heterocycles. The van der Waals surface area contributed by atoms with Crippen molar-refractivity contribution in [3.05, 3.63) is 22.7 Å². The van der Waals surface area contributed by atoms with Crippen molar-refractivity contribution in [2.75, 3.05) is 18.6 Å². The lowest BCUT2D eigenvalue weighted by atomic mass is 10.1. The minimum Gasteiger partial charge on any atom is -0.504 e. The van der Waals surface area contributed by atoms with Crippen molar-refractivity contribution in [2.45, 2.75) is 0 Å². The van der Waals surface area contributed by atoms with Gasteiger partial charge < -0.3 is 21.3 Å². The molecule has 0 aliphatic heterocycles. The predicted molar refractivity (Wildman–Crippen MR) is 74.2 cm³/mol. The Bertz CT molecular complexity index is 727. The van der Waals surface area contributed by atoms with Crippen LogP contribution in [-0.4, -0.2) is 22.2 Å². The van der Waals surface area contributed by atoms with Crippen LogP contribution in [0.3, 0.4) is 0 Å². The quantitative estimate of drug-likeness (QED) is 0.764. The second-order valence-electron chi connectivity index (χ2n) is 3.78. The van der Waals surface area contributed by atoms with Crippen LogP contribution in [0.1, 0.15) is 5.56 Å². The number of ether oxygens (including phenoxy) is 1. The average molecular weight is 292 g/mol. The van der Waals surface area contributed by atoms with Crippen LogP contribution in [0.2, 0.25) is 5.02 Å². The lowest BCUT2D eigenvalue weighted by Gasteiger charge is -2.12. The minimum absolute atomic E-state index is 0.0434. The van der Waals surface area contributed by atoms with Gasteiger partial charge in [0, 0.05) is 5.56 Å². The number of nitrogens with two attached hydrogens (primary N) is 2. The number of aromatic nitrogens is 2. The van der Waals surface area contributed by atoms with Gasteiger partial charge in [-0.25, -0.2) is 4.98 Å². The maximum Gasteiger partial charge on any atom is 0.222 e. The molecular formula is C12H10ClN5O2. The van der Waals surface area contributed by atoms with Crippen LogP contribution in [0.25, 0.3) is 11.3 Å². The number of phenols is 1. The Morgan fingerprint density at radius 2 is 2.05 bits per heavy atom. The van der Waals surface area contributed by atoms with E-state index in [1.165, 1.54) is 19.2 Å². The van der Waals surface area contributed by atoms with Gasteiger partial charge in [-0.3, -0.25) is 0 Å². The third-order valence-electron chi connectivity index (χ3n) is 2.60. The average Bonchev–Trinajstić information content (AvgIpc) is 2.38. The molecule has 8 heteroatoms. The van der Waals surface area contributed by atoms with E-state index in [1.807, 2.05) is 6.07 Å². The molecule has 0 amide bonds. The second kappa shape index (κ2) is 5.11. The van der Waals surface area contributed by atoms with Crippen LogP contribution in [0.5, 0.6) is 11.5 Å². The molecular weight excluding hydrogens is 282 g/mol. The number of aromatic hydroxyl groups is 1. The Labute approximate surface area is 119 Å². The van der Waals surface area contributed by atoms with E-state index in [0.29, 0.717) is 5.56 Å². The predicted octanol–water partition coefficient (Wildman–Crippen LogP) is 1.55. The first kappa shape index (κ1) is 13.7. The molecule has 0 bridgehead atoms. The summed E-state index contributed by atoms with van der Waals surface area (Å²) >= 11 is 6.15. The number of benzene rings is 1. The normalized spacial score (nSPS) is 10.1. The molecule has 2 aromatic rings. The molecule has 0 saturated heterocycles. The number of methoxy groups -OCH3 is 1. The topological polar surface area (TPSA) is 131 Å². The van der Waals surface area contributed by atoms with Crippen molar-refractivity contribution < 1.29 is 9.84 Å². The van der Waals surface area contributed by atoms with Crippen LogP contribution in [-0.2, 0) is 0 Å². The maximum absolute atomic E-state index is 9.64. The zero-order chi connectivity index (χ0) is 14.9. The number of nitrogen functional groups attached to an aromatic ring is 2. The number of nitriles is 1. The third kappa shape index (κ3) is 2.13. The first-order valence-corrected chi connectivity index (χ1v) is 5.76. The van der Waals surface area contributed by atoms with Gasteiger partial charge in [0.2, 0.25) is 5.95 Å². The fourth-order valence-electron chi connectivity index (χ4n) is 1.72. The minimum atomic E-state index is -0.130. The monoisotopic (exact) mass is 291 g/mol. The Hall–Kier alpha value is -2.72. The summed E-state index contributed by atoms with van der Waals surface area (Å²) in [5.74, 6) is -0.184. The number of hydrogen-bond acceptors (Lipinski definition) is 7. The second-order valence-corrected chi connectivity index (χ2v) is 4.16. The summed E-state index contributed by atoms with van der Waals surface area (Å²) in [5.41, 5.74) is 11.8. The van der Waals surface area contributed by atoms with Gasteiger partial charge in [0.1, 0.15) is 17.5 Å². The Morgan fingerprint density at radius 1 is 1.35 bits per heavy atom. The highest BCUT2D eigenvalue weighted by atomic mass is 35.5. The highest BCUT2D eigenvalue weighted by Gasteiger charge is 2.19. The van der Waals surface area contributed by atoms with Gasteiger partial charge in [0.15, 0.2) is 11.5 Å². The zero-order valence-corrected chi connectivity index (χ0v) is 11.1. The Morgan fingerprint density at radius 3 is 2.65 bits per heavy atom. The molecule has 0 aliphatic rings. The highest BCUT2D eigenvalue weighted by molar-refractivity contribution is 6.35. The molecule has 2 rings (SSSR count). The number of anilines is 2. The summed E-state index contributed by atoms with van der Waals surface area (Å²) in [4.78, 5) is 7.70. The van der Waals surface area contributed by atoms with E-state index in [4.69, 9.17) is 33.1 Å². The van der Waals surface area contributed by atoms with E-state index in [0.717, 1.165) is 0 Å². The van der Waals surface area contributed by atoms with Crippen molar-refractivity contribution >= 4 is 23.4 Å². The van der Waals surface area contributed by atoms with Gasteiger partial charge in [-0.2, -0.15) is 10.2 Å². The van der Waals surface area contributed by atoms with Crippen molar-refractivity contribution in [3.63, 3.8) is 0 Å². The molecule has 5 N–H and O–H groups in total. The Balaban J connectivity index is 2.79. The number of nitrogens with zero attached hydrogens (tertiary/aromatic N) is 3. The molecule has 0 fully saturated rings. The van der Waals surface area contributed by atoms with E-state index in [1.54, 1.807) is 0 Å². The van der Waals surface area contributed by atoms with E-state index < -0.39 is 0 Å². The first-order chi connectivity index (χ1) is 9.49. The molecule has 0 aliphatic carbocycles. The van der Waals surface area contributed by atoms with Gasteiger partial charge in [0.25, 0.3) is 0 Å². The van der Waals surface area contributed by atoms with Crippen LogP contribution >= 0.6 is 11.6 Å². The highest BCUT2D eigenvalue weighted by Crippen LogP contribution is 2.41. The Kier molecular flexibility index (Phi) is 3.50. The van der Waals surface area contributed by atoms with Crippen molar-refractivity contribution in [3.8, 4) is 28.8 Å². The summed E-state index contributed by atoms with van der Waals surface area (Å²) in [7, 11) is 1.36. The SMILES string of the molecule is COc1c(O)ccc(-c2nc(N)nc(N)c2C#N)c1Cl. The van der Waals surface area contributed by atoms with Gasteiger partial charge in [0.05, 0.1) is 17.8 Å². The molecule has 0 spiro atoms. The fourth-order valence-corrected chi connectivity index (χ4v) is 2.05. The van der Waals surface area contributed by atoms with Gasteiger partial charge in [-0.1, -0.05) is 11.6 Å². The van der Waals surface area contributed by atoms with Crippen molar-refractivity contribution in [1.82, 2.24) is 9.97 Å². The number of phenolic OH excluding ortho intramolecular Hbond substituents is 1. The van der Waals surface area contributed by atoms with E-state index in [2.05, 4.69) is 9.97 Å². The van der Waals surface area contributed by atoms with Gasteiger partial charge in [-0.05, 0) is 12.1 Å². The summed E-state index contributed by atoms with van der Waals surface area (Å²) < 4.78 is 5.00. The first-order valence-electron chi connectivity index (χ1n) is 5.38.